The normalized spacial score (nSPS) is 26.4. The zero-order valence-corrected chi connectivity index (χ0v) is 8.19. The fourth-order valence-corrected chi connectivity index (χ4v) is 1.93. The summed E-state index contributed by atoms with van der Waals surface area (Å²) in [5, 5.41) is 6.46. The number of carbonyl (C=O) groups is 1. The summed E-state index contributed by atoms with van der Waals surface area (Å²) in [7, 11) is 0. The van der Waals surface area contributed by atoms with Crippen molar-refractivity contribution in [1.82, 2.24) is 10.5 Å². The highest BCUT2D eigenvalue weighted by Gasteiger charge is 2.25. The molecule has 0 radical (unpaired) electrons. The summed E-state index contributed by atoms with van der Waals surface area (Å²) in [6, 6.07) is 1.88. The molecule has 1 saturated carbocycles. The molecule has 2 atom stereocenters. The molecule has 1 heterocycles. The van der Waals surface area contributed by atoms with Crippen molar-refractivity contribution >= 4 is 5.91 Å². The molecule has 1 aromatic rings. The highest BCUT2D eigenvalue weighted by atomic mass is 16.5. The minimum Gasteiger partial charge on any atom is -0.351 e. The van der Waals surface area contributed by atoms with Crippen LogP contribution in [0.5, 0.6) is 0 Å². The fraction of sp³-hybridized carbons (Fsp3) is 0.600. The van der Waals surface area contributed by atoms with E-state index in [0.717, 1.165) is 6.42 Å². The first kappa shape index (κ1) is 9.24. The first-order chi connectivity index (χ1) is 6.77. The van der Waals surface area contributed by atoms with Crippen molar-refractivity contribution in [3.8, 4) is 0 Å². The number of carbonyl (C=O) groups excluding carboxylic acids is 1. The second-order valence-electron chi connectivity index (χ2n) is 3.86. The maximum Gasteiger partial charge on any atom is 0.290 e. The van der Waals surface area contributed by atoms with Gasteiger partial charge in [0.15, 0.2) is 0 Å². The number of hydrogen-bond acceptors (Lipinski definition) is 3. The number of nitrogens with one attached hydrogen (secondary N) is 1. The maximum atomic E-state index is 11.6. The van der Waals surface area contributed by atoms with Crippen molar-refractivity contribution < 1.29 is 9.32 Å². The molecule has 4 heteroatoms. The number of nitrogens with zero attached hydrogens (tertiary/aromatic N) is 1. The molecule has 1 N–H and O–H groups in total. The lowest BCUT2D eigenvalue weighted by molar-refractivity contribution is 0.0892. The predicted molar refractivity (Wildman–Crippen MR) is 50.8 cm³/mol. The Morgan fingerprint density at radius 1 is 1.64 bits per heavy atom. The van der Waals surface area contributed by atoms with Gasteiger partial charge in [0, 0.05) is 12.1 Å². The van der Waals surface area contributed by atoms with E-state index in [1.54, 1.807) is 6.07 Å². The zero-order valence-electron chi connectivity index (χ0n) is 8.19. The molecule has 1 amide bonds. The molecule has 0 spiro atoms. The Hall–Kier alpha value is -1.32. The van der Waals surface area contributed by atoms with Gasteiger partial charge in [-0.25, -0.2) is 0 Å². The lowest BCUT2D eigenvalue weighted by Crippen LogP contribution is -2.36. The van der Waals surface area contributed by atoms with E-state index in [-0.39, 0.29) is 5.91 Å². The zero-order chi connectivity index (χ0) is 9.97. The Morgan fingerprint density at radius 3 is 3.07 bits per heavy atom. The van der Waals surface area contributed by atoms with Crippen molar-refractivity contribution in [1.29, 1.82) is 0 Å². The summed E-state index contributed by atoms with van der Waals surface area (Å²) < 4.78 is 4.78. The summed E-state index contributed by atoms with van der Waals surface area (Å²) in [4.78, 5) is 11.6. The van der Waals surface area contributed by atoms with Crippen molar-refractivity contribution in [3.63, 3.8) is 0 Å². The maximum absolute atomic E-state index is 11.6. The van der Waals surface area contributed by atoms with E-state index >= 15 is 0 Å². The largest absolute Gasteiger partial charge is 0.351 e. The van der Waals surface area contributed by atoms with E-state index in [2.05, 4.69) is 17.4 Å². The van der Waals surface area contributed by atoms with Crippen LogP contribution in [0.15, 0.2) is 16.8 Å². The van der Waals surface area contributed by atoms with Gasteiger partial charge in [-0.3, -0.25) is 4.79 Å². The van der Waals surface area contributed by atoms with Crippen LogP contribution >= 0.6 is 0 Å². The summed E-state index contributed by atoms with van der Waals surface area (Å²) in [6.45, 7) is 2.17. The molecular formula is C10H14N2O2. The average molecular weight is 194 g/mol. The van der Waals surface area contributed by atoms with Crippen LogP contribution < -0.4 is 5.32 Å². The van der Waals surface area contributed by atoms with Gasteiger partial charge in [0.2, 0.25) is 5.76 Å². The molecule has 1 fully saturated rings. The van der Waals surface area contributed by atoms with Gasteiger partial charge in [-0.05, 0) is 18.8 Å². The van der Waals surface area contributed by atoms with E-state index < -0.39 is 0 Å². The monoisotopic (exact) mass is 194 g/mol. The van der Waals surface area contributed by atoms with Crippen LogP contribution in [-0.2, 0) is 0 Å². The SMILES string of the molecule is CC1CCCC1NC(=O)c1ccno1. The van der Waals surface area contributed by atoms with E-state index in [4.69, 9.17) is 4.52 Å². The Labute approximate surface area is 82.7 Å². The lowest BCUT2D eigenvalue weighted by Gasteiger charge is -2.15. The van der Waals surface area contributed by atoms with Crippen LogP contribution in [0.4, 0.5) is 0 Å². The Morgan fingerprint density at radius 2 is 2.50 bits per heavy atom. The Bertz CT molecular complexity index is 308. The molecule has 0 aliphatic heterocycles. The highest BCUT2D eigenvalue weighted by Crippen LogP contribution is 2.24. The van der Waals surface area contributed by atoms with Gasteiger partial charge in [-0.1, -0.05) is 18.5 Å². The molecule has 0 bridgehead atoms. The van der Waals surface area contributed by atoms with E-state index in [0.29, 0.717) is 17.7 Å². The van der Waals surface area contributed by atoms with Crippen LogP contribution in [0.1, 0.15) is 36.7 Å². The van der Waals surface area contributed by atoms with E-state index in [9.17, 15) is 4.79 Å². The summed E-state index contributed by atoms with van der Waals surface area (Å²) in [5.74, 6) is 0.715. The standard InChI is InChI=1S/C10H14N2O2/c1-7-3-2-4-8(7)12-10(13)9-5-6-11-14-9/h5-8H,2-4H2,1H3,(H,12,13). The van der Waals surface area contributed by atoms with Crippen LogP contribution in [0.3, 0.4) is 0 Å². The first-order valence-electron chi connectivity index (χ1n) is 4.99. The molecular weight excluding hydrogens is 180 g/mol. The molecule has 1 aliphatic rings. The molecule has 2 unspecified atom stereocenters. The number of aromatic nitrogens is 1. The van der Waals surface area contributed by atoms with Crippen molar-refractivity contribution in [2.24, 2.45) is 5.92 Å². The van der Waals surface area contributed by atoms with Crippen molar-refractivity contribution in [2.45, 2.75) is 32.2 Å². The van der Waals surface area contributed by atoms with Gasteiger partial charge in [-0.15, -0.1) is 0 Å². The van der Waals surface area contributed by atoms with Crippen LogP contribution in [0.25, 0.3) is 0 Å². The van der Waals surface area contributed by atoms with Crippen molar-refractivity contribution in [3.05, 3.63) is 18.0 Å². The Kier molecular flexibility index (Phi) is 2.52. The minimum atomic E-state index is -0.152. The van der Waals surface area contributed by atoms with Crippen molar-refractivity contribution in [2.75, 3.05) is 0 Å². The van der Waals surface area contributed by atoms with Crippen LogP contribution in [0.2, 0.25) is 0 Å². The summed E-state index contributed by atoms with van der Waals surface area (Å²) >= 11 is 0. The predicted octanol–water partition coefficient (Wildman–Crippen LogP) is 1.59. The second kappa shape index (κ2) is 3.82. The van der Waals surface area contributed by atoms with Crippen LogP contribution in [-0.4, -0.2) is 17.1 Å². The molecule has 76 valence electrons. The van der Waals surface area contributed by atoms with Gasteiger partial charge >= 0.3 is 0 Å². The van der Waals surface area contributed by atoms with Crippen LogP contribution in [0, 0.1) is 5.92 Å². The molecule has 4 nitrogen and oxygen atoms in total. The van der Waals surface area contributed by atoms with E-state index in [1.807, 2.05) is 0 Å². The second-order valence-corrected chi connectivity index (χ2v) is 3.86. The molecule has 1 aliphatic carbocycles. The molecule has 0 saturated heterocycles. The molecule has 2 rings (SSSR count). The van der Waals surface area contributed by atoms with Gasteiger partial charge in [-0.2, -0.15) is 0 Å². The number of rotatable bonds is 2. The summed E-state index contributed by atoms with van der Waals surface area (Å²) in [6.07, 6.45) is 4.94. The summed E-state index contributed by atoms with van der Waals surface area (Å²) in [5.41, 5.74) is 0. The third-order valence-corrected chi connectivity index (χ3v) is 2.84. The third-order valence-electron chi connectivity index (χ3n) is 2.84. The topological polar surface area (TPSA) is 55.1 Å². The number of amides is 1. The minimum absolute atomic E-state index is 0.152. The third kappa shape index (κ3) is 1.78. The van der Waals surface area contributed by atoms with Gasteiger partial charge in [0.1, 0.15) is 0 Å². The highest BCUT2D eigenvalue weighted by molar-refractivity contribution is 5.91. The molecule has 0 aromatic carbocycles. The Balaban J connectivity index is 1.95. The molecule has 1 aromatic heterocycles. The first-order valence-corrected chi connectivity index (χ1v) is 4.99. The average Bonchev–Trinajstić information content (AvgIpc) is 2.77. The smallest absolute Gasteiger partial charge is 0.290 e. The van der Waals surface area contributed by atoms with Gasteiger partial charge in [0.25, 0.3) is 5.91 Å². The van der Waals surface area contributed by atoms with Gasteiger partial charge < -0.3 is 9.84 Å². The fourth-order valence-electron chi connectivity index (χ4n) is 1.93. The molecule has 14 heavy (non-hydrogen) atoms. The number of hydrogen-bond donors (Lipinski definition) is 1. The lowest BCUT2D eigenvalue weighted by atomic mass is 10.1. The quantitative estimate of drug-likeness (QED) is 0.777. The van der Waals surface area contributed by atoms with Gasteiger partial charge in [0.05, 0.1) is 6.20 Å². The van der Waals surface area contributed by atoms with E-state index in [1.165, 1.54) is 19.0 Å².